The van der Waals surface area contributed by atoms with Gasteiger partial charge in [-0.15, -0.1) is 0 Å². The van der Waals surface area contributed by atoms with Crippen LogP contribution in [0.2, 0.25) is 0 Å². The molecule has 0 aliphatic rings. The lowest BCUT2D eigenvalue weighted by atomic mass is 9.87. The van der Waals surface area contributed by atoms with Gasteiger partial charge in [0.25, 0.3) is 0 Å². The third kappa shape index (κ3) is 2.88. The summed E-state index contributed by atoms with van der Waals surface area (Å²) in [6.07, 6.45) is 0. The van der Waals surface area contributed by atoms with Gasteiger partial charge in [-0.1, -0.05) is 50.7 Å². The lowest BCUT2D eigenvalue weighted by molar-refractivity contribution is -0.109. The van der Waals surface area contributed by atoms with Crippen LogP contribution in [-0.2, 0) is 10.2 Å². The van der Waals surface area contributed by atoms with Crippen LogP contribution in [0.4, 0.5) is 0 Å². The zero-order valence-electron chi connectivity index (χ0n) is 9.13. The molecule has 76 valence electrons. The number of carbonyl (C=O) groups is 1. The van der Waals surface area contributed by atoms with Crippen LogP contribution in [0.3, 0.4) is 0 Å². The monoisotopic (exact) mass is 208 g/mol. The minimum absolute atomic E-state index is 0.0963. The molecule has 0 saturated carbocycles. The highest BCUT2D eigenvalue weighted by Crippen LogP contribution is 2.32. The topological polar surface area (TPSA) is 17.1 Å². The molecule has 0 aliphatic heterocycles. The van der Waals surface area contributed by atoms with Crippen LogP contribution < -0.4 is 0 Å². The first kappa shape index (κ1) is 11.3. The molecule has 1 aromatic rings. The van der Waals surface area contributed by atoms with Gasteiger partial charge in [0.15, 0.2) is 5.12 Å². The van der Waals surface area contributed by atoms with Crippen LogP contribution in [0.1, 0.15) is 33.3 Å². The number of hydrogen-bond donors (Lipinski definition) is 0. The fourth-order valence-electron chi connectivity index (χ4n) is 1.33. The molecule has 0 amide bonds. The molecule has 0 heterocycles. The summed E-state index contributed by atoms with van der Waals surface area (Å²) in [6, 6.07) is 8.09. The second-order valence-corrected chi connectivity index (χ2v) is 5.56. The van der Waals surface area contributed by atoms with Crippen molar-refractivity contribution in [3.63, 3.8) is 0 Å². The third-order valence-electron chi connectivity index (χ3n) is 1.95. The van der Waals surface area contributed by atoms with Gasteiger partial charge in [0.1, 0.15) is 0 Å². The third-order valence-corrected chi connectivity index (χ3v) is 2.81. The summed E-state index contributed by atoms with van der Waals surface area (Å²) in [5.74, 6) is 0. The van der Waals surface area contributed by atoms with Crippen molar-refractivity contribution < 1.29 is 4.79 Å². The highest BCUT2D eigenvalue weighted by molar-refractivity contribution is 8.13. The van der Waals surface area contributed by atoms with Crippen LogP contribution in [0.15, 0.2) is 29.2 Å². The minimum Gasteiger partial charge on any atom is -0.287 e. The van der Waals surface area contributed by atoms with Gasteiger partial charge in [-0.2, -0.15) is 0 Å². The molecule has 0 radical (unpaired) electrons. The second-order valence-electron chi connectivity index (χ2n) is 4.34. The summed E-state index contributed by atoms with van der Waals surface area (Å²) in [5.41, 5.74) is 1.33. The summed E-state index contributed by atoms with van der Waals surface area (Å²) in [7, 11) is 0. The van der Waals surface area contributed by atoms with Crippen molar-refractivity contribution in [1.29, 1.82) is 0 Å². The summed E-state index contributed by atoms with van der Waals surface area (Å²) in [5, 5.41) is 0.140. The molecule has 14 heavy (non-hydrogen) atoms. The number of thioether (sulfide) groups is 1. The molecule has 2 heteroatoms. The zero-order valence-corrected chi connectivity index (χ0v) is 9.94. The van der Waals surface area contributed by atoms with E-state index in [4.69, 9.17) is 0 Å². The van der Waals surface area contributed by atoms with E-state index >= 15 is 0 Å². The Hall–Kier alpha value is -0.760. The van der Waals surface area contributed by atoms with Crippen molar-refractivity contribution in [2.45, 2.75) is 38.0 Å². The maximum Gasteiger partial charge on any atom is 0.190 e. The summed E-state index contributed by atoms with van der Waals surface area (Å²) >= 11 is 1.31. The summed E-state index contributed by atoms with van der Waals surface area (Å²) in [4.78, 5) is 12.1. The summed E-state index contributed by atoms with van der Waals surface area (Å²) in [6.45, 7) is 8.08. The van der Waals surface area contributed by atoms with Crippen molar-refractivity contribution in [2.24, 2.45) is 0 Å². The molecule has 1 nitrogen and oxygen atoms in total. The first-order valence-corrected chi connectivity index (χ1v) is 5.51. The highest BCUT2D eigenvalue weighted by atomic mass is 32.2. The Balaban J connectivity index is 3.10. The SMILES string of the molecule is CC(=O)Sc1ccccc1C(C)(C)C. The Morgan fingerprint density at radius 3 is 2.29 bits per heavy atom. The van der Waals surface area contributed by atoms with Gasteiger partial charge >= 0.3 is 0 Å². The van der Waals surface area contributed by atoms with Crippen LogP contribution in [0.25, 0.3) is 0 Å². The van der Waals surface area contributed by atoms with Crippen molar-refractivity contribution in [3.8, 4) is 0 Å². The van der Waals surface area contributed by atoms with E-state index in [1.807, 2.05) is 18.2 Å². The standard InChI is InChI=1S/C12H16OS/c1-9(13)14-11-8-6-5-7-10(11)12(2,3)4/h5-8H,1-4H3. The molecular weight excluding hydrogens is 192 g/mol. The molecule has 0 bridgehead atoms. The van der Waals surface area contributed by atoms with Crippen molar-refractivity contribution in [3.05, 3.63) is 29.8 Å². The molecule has 1 aromatic carbocycles. The number of rotatable bonds is 1. The van der Waals surface area contributed by atoms with Crippen LogP contribution in [0, 0.1) is 0 Å². The van der Waals surface area contributed by atoms with Gasteiger partial charge in [-0.05, 0) is 17.0 Å². The average Bonchev–Trinajstić information content (AvgIpc) is 2.01. The Bertz CT molecular complexity index is 336. The molecule has 0 aromatic heterocycles. The molecule has 0 N–H and O–H groups in total. The van der Waals surface area contributed by atoms with E-state index in [0.717, 1.165) is 4.90 Å². The quantitative estimate of drug-likeness (QED) is 0.656. The molecule has 1 rings (SSSR count). The zero-order chi connectivity index (χ0) is 10.8. The Morgan fingerprint density at radius 2 is 1.79 bits per heavy atom. The lowest BCUT2D eigenvalue weighted by Crippen LogP contribution is -2.12. The van der Waals surface area contributed by atoms with E-state index in [2.05, 4.69) is 26.8 Å². The van der Waals surface area contributed by atoms with Gasteiger partial charge < -0.3 is 0 Å². The molecule has 0 unspecified atom stereocenters. The van der Waals surface area contributed by atoms with E-state index in [-0.39, 0.29) is 10.5 Å². The Morgan fingerprint density at radius 1 is 1.21 bits per heavy atom. The first-order valence-electron chi connectivity index (χ1n) is 4.69. The van der Waals surface area contributed by atoms with Crippen LogP contribution in [-0.4, -0.2) is 5.12 Å². The summed E-state index contributed by atoms with van der Waals surface area (Å²) < 4.78 is 0. The normalized spacial score (nSPS) is 11.4. The van der Waals surface area contributed by atoms with Crippen molar-refractivity contribution >= 4 is 16.9 Å². The minimum atomic E-state index is 0.0963. The van der Waals surface area contributed by atoms with E-state index in [1.165, 1.54) is 17.3 Å². The Kier molecular flexibility index (Phi) is 3.38. The van der Waals surface area contributed by atoms with Crippen LogP contribution in [0.5, 0.6) is 0 Å². The first-order chi connectivity index (χ1) is 6.41. The maximum absolute atomic E-state index is 11.1. The van der Waals surface area contributed by atoms with Gasteiger partial charge in [0, 0.05) is 11.8 Å². The molecule has 0 atom stereocenters. The van der Waals surface area contributed by atoms with Crippen molar-refractivity contribution in [1.82, 2.24) is 0 Å². The average molecular weight is 208 g/mol. The van der Waals surface area contributed by atoms with E-state index in [0.29, 0.717) is 0 Å². The fraction of sp³-hybridized carbons (Fsp3) is 0.417. The Labute approximate surface area is 89.9 Å². The molecule has 0 fully saturated rings. The van der Waals surface area contributed by atoms with Crippen molar-refractivity contribution in [2.75, 3.05) is 0 Å². The molecule has 0 aliphatic carbocycles. The lowest BCUT2D eigenvalue weighted by Gasteiger charge is -2.21. The number of carbonyl (C=O) groups excluding carboxylic acids is 1. The molecule has 0 spiro atoms. The highest BCUT2D eigenvalue weighted by Gasteiger charge is 2.18. The van der Waals surface area contributed by atoms with E-state index < -0.39 is 0 Å². The second kappa shape index (κ2) is 4.18. The predicted molar refractivity (Wildman–Crippen MR) is 61.7 cm³/mol. The molecular formula is C12H16OS. The van der Waals surface area contributed by atoms with E-state index in [9.17, 15) is 4.79 Å². The van der Waals surface area contributed by atoms with Gasteiger partial charge in [-0.25, -0.2) is 0 Å². The number of benzene rings is 1. The fourth-order valence-corrected chi connectivity index (χ4v) is 2.27. The van der Waals surface area contributed by atoms with Gasteiger partial charge in [-0.3, -0.25) is 4.79 Å². The van der Waals surface area contributed by atoms with Crippen LogP contribution >= 0.6 is 11.8 Å². The number of hydrogen-bond acceptors (Lipinski definition) is 2. The smallest absolute Gasteiger partial charge is 0.190 e. The van der Waals surface area contributed by atoms with Gasteiger partial charge in [0.2, 0.25) is 0 Å². The largest absolute Gasteiger partial charge is 0.287 e. The van der Waals surface area contributed by atoms with Gasteiger partial charge in [0.05, 0.1) is 0 Å². The predicted octanol–water partition coefficient (Wildman–Crippen LogP) is 3.62. The molecule has 0 saturated heterocycles. The van der Waals surface area contributed by atoms with E-state index in [1.54, 1.807) is 6.92 Å². The maximum atomic E-state index is 11.1.